The van der Waals surface area contributed by atoms with Gasteiger partial charge in [0, 0.05) is 13.2 Å². The molecule has 4 atom stereocenters. The topological polar surface area (TPSA) is 89.9 Å². The summed E-state index contributed by atoms with van der Waals surface area (Å²) in [6.07, 6.45) is -7.59. The number of hydrogen-bond donors (Lipinski definition) is 1. The molecule has 1 N–H and O–H groups in total. The van der Waals surface area contributed by atoms with Crippen LogP contribution in [0.2, 0.25) is 5.02 Å². The van der Waals surface area contributed by atoms with Crippen LogP contribution in [-0.4, -0.2) is 50.2 Å². The Balaban J connectivity index is 2.26. The maximum absolute atomic E-state index is 12.8. The van der Waals surface area contributed by atoms with Crippen LogP contribution < -0.4 is 4.74 Å². The summed E-state index contributed by atoms with van der Waals surface area (Å²) in [5.74, 6) is -2.35. The Labute approximate surface area is 159 Å². The van der Waals surface area contributed by atoms with E-state index in [9.17, 15) is 31.5 Å². The van der Waals surface area contributed by atoms with Gasteiger partial charge >= 0.3 is 12.1 Å². The first kappa shape index (κ1) is 21.8. The molecule has 0 heterocycles. The normalized spacial score (nSPS) is 24.6. The number of ether oxygens (including phenoxy) is 2. The van der Waals surface area contributed by atoms with Crippen LogP contribution >= 0.6 is 11.6 Å². The Kier molecular flexibility index (Phi) is 6.33. The molecule has 1 saturated carbocycles. The molecule has 27 heavy (non-hydrogen) atoms. The lowest BCUT2D eigenvalue weighted by Crippen LogP contribution is -2.31. The number of carboxylic acids is 1. The standard InChI is InChI=1S/C16H18ClF3O6S/c1-8(16(18,19)20)26-9-3-4-14(12(17)5-9)27(23,24)10-6-11(15(21)22)13(7-10)25-2/h3-5,8,10-11,13H,6-7H2,1-2H3,(H,21,22)/t8-,10-,11-,13-/m1/s1. The number of hydrogen-bond acceptors (Lipinski definition) is 5. The second-order valence-electron chi connectivity index (χ2n) is 6.25. The third kappa shape index (κ3) is 4.67. The molecule has 11 heteroatoms. The first-order valence-corrected chi connectivity index (χ1v) is 9.82. The zero-order valence-corrected chi connectivity index (χ0v) is 15.9. The monoisotopic (exact) mass is 430 g/mol. The van der Waals surface area contributed by atoms with Crippen molar-refractivity contribution in [2.45, 2.75) is 48.3 Å². The molecule has 6 nitrogen and oxygen atoms in total. The quantitative estimate of drug-likeness (QED) is 0.744. The first-order valence-electron chi connectivity index (χ1n) is 7.90. The van der Waals surface area contributed by atoms with E-state index in [1.807, 2.05) is 0 Å². The molecule has 0 spiro atoms. The van der Waals surface area contributed by atoms with E-state index >= 15 is 0 Å². The fraction of sp³-hybridized carbons (Fsp3) is 0.562. The number of carbonyl (C=O) groups is 1. The van der Waals surface area contributed by atoms with Crippen LogP contribution in [-0.2, 0) is 19.4 Å². The van der Waals surface area contributed by atoms with Crippen LogP contribution in [0, 0.1) is 5.92 Å². The maximum atomic E-state index is 12.8. The van der Waals surface area contributed by atoms with Gasteiger partial charge in [-0.25, -0.2) is 8.42 Å². The van der Waals surface area contributed by atoms with E-state index in [0.29, 0.717) is 0 Å². The first-order chi connectivity index (χ1) is 12.4. The van der Waals surface area contributed by atoms with Crippen LogP contribution in [0.4, 0.5) is 13.2 Å². The smallest absolute Gasteiger partial charge is 0.425 e. The van der Waals surface area contributed by atoms with Crippen LogP contribution in [0.15, 0.2) is 23.1 Å². The molecule has 0 bridgehead atoms. The van der Waals surface area contributed by atoms with E-state index in [2.05, 4.69) is 0 Å². The molecule has 2 rings (SSSR count). The predicted octanol–water partition coefficient (Wildman–Crippen LogP) is 3.32. The Morgan fingerprint density at radius 1 is 1.33 bits per heavy atom. The minimum Gasteiger partial charge on any atom is -0.481 e. The highest BCUT2D eigenvalue weighted by molar-refractivity contribution is 7.92. The minimum absolute atomic E-state index is 0.0184. The Bertz CT molecular complexity index is 811. The summed E-state index contributed by atoms with van der Waals surface area (Å²) in [6.45, 7) is 0.814. The molecule has 1 fully saturated rings. The number of alkyl halides is 3. The van der Waals surface area contributed by atoms with E-state index < -0.39 is 45.4 Å². The molecule has 1 aliphatic carbocycles. The van der Waals surface area contributed by atoms with Crippen molar-refractivity contribution in [3.05, 3.63) is 23.2 Å². The van der Waals surface area contributed by atoms with Gasteiger partial charge in [-0.1, -0.05) is 11.6 Å². The van der Waals surface area contributed by atoms with Gasteiger partial charge in [-0.15, -0.1) is 0 Å². The van der Waals surface area contributed by atoms with Crippen molar-refractivity contribution >= 4 is 27.4 Å². The molecule has 152 valence electrons. The van der Waals surface area contributed by atoms with E-state index in [4.69, 9.17) is 21.1 Å². The van der Waals surface area contributed by atoms with Gasteiger partial charge in [-0.3, -0.25) is 4.79 Å². The van der Waals surface area contributed by atoms with Crippen LogP contribution in [0.1, 0.15) is 19.8 Å². The molecule has 1 aliphatic rings. The molecule has 0 radical (unpaired) electrons. The zero-order valence-electron chi connectivity index (χ0n) is 14.4. The number of halogens is 4. The van der Waals surface area contributed by atoms with Crippen molar-refractivity contribution in [3.8, 4) is 5.75 Å². The van der Waals surface area contributed by atoms with Crippen molar-refractivity contribution in [1.82, 2.24) is 0 Å². The van der Waals surface area contributed by atoms with Gasteiger partial charge in [0.2, 0.25) is 0 Å². The van der Waals surface area contributed by atoms with E-state index in [1.165, 1.54) is 7.11 Å². The third-order valence-electron chi connectivity index (χ3n) is 4.50. The van der Waals surface area contributed by atoms with Gasteiger partial charge in [0.25, 0.3) is 0 Å². The number of benzene rings is 1. The number of methoxy groups -OCH3 is 1. The lowest BCUT2D eigenvalue weighted by molar-refractivity contribution is -0.189. The van der Waals surface area contributed by atoms with Crippen molar-refractivity contribution in [2.75, 3.05) is 7.11 Å². The predicted molar refractivity (Wildman–Crippen MR) is 89.7 cm³/mol. The number of aliphatic carboxylic acids is 1. The van der Waals surface area contributed by atoms with Crippen LogP contribution in [0.25, 0.3) is 0 Å². The van der Waals surface area contributed by atoms with Crippen molar-refractivity contribution < 1.29 is 41.0 Å². The Morgan fingerprint density at radius 2 is 1.96 bits per heavy atom. The molecule has 1 aromatic carbocycles. The average molecular weight is 431 g/mol. The van der Waals surface area contributed by atoms with Gasteiger partial charge in [-0.05, 0) is 31.9 Å². The second kappa shape index (κ2) is 7.84. The minimum atomic E-state index is -4.58. The SMILES string of the molecule is CO[C@@H]1C[C@H](S(=O)(=O)c2ccc(O[C@H](C)C(F)(F)F)cc2Cl)C[C@H]1C(=O)O. The van der Waals surface area contributed by atoms with E-state index in [1.54, 1.807) is 0 Å². The van der Waals surface area contributed by atoms with Gasteiger partial charge in [0.1, 0.15) is 5.75 Å². The summed E-state index contributed by atoms with van der Waals surface area (Å²) >= 11 is 5.97. The van der Waals surface area contributed by atoms with E-state index in [0.717, 1.165) is 25.1 Å². The van der Waals surface area contributed by atoms with Crippen molar-refractivity contribution in [1.29, 1.82) is 0 Å². The van der Waals surface area contributed by atoms with Gasteiger partial charge in [0.15, 0.2) is 15.9 Å². The number of sulfone groups is 1. The molecule has 1 aromatic rings. The molecular formula is C16H18ClF3O6S. The highest BCUT2D eigenvalue weighted by Gasteiger charge is 2.45. The van der Waals surface area contributed by atoms with Crippen molar-refractivity contribution in [2.24, 2.45) is 5.92 Å². The summed E-state index contributed by atoms with van der Waals surface area (Å²) in [4.78, 5) is 11.0. The largest absolute Gasteiger partial charge is 0.481 e. The number of carboxylic acid groups (broad SMARTS) is 1. The van der Waals surface area contributed by atoms with Crippen molar-refractivity contribution in [3.63, 3.8) is 0 Å². The highest BCUT2D eigenvalue weighted by Crippen LogP contribution is 2.38. The highest BCUT2D eigenvalue weighted by atomic mass is 35.5. The molecule has 0 saturated heterocycles. The molecule has 0 aromatic heterocycles. The fourth-order valence-corrected chi connectivity index (χ4v) is 5.31. The summed E-state index contributed by atoms with van der Waals surface area (Å²) < 4.78 is 73.1. The molecule has 0 aliphatic heterocycles. The summed E-state index contributed by atoms with van der Waals surface area (Å²) in [5.41, 5.74) is 0. The average Bonchev–Trinajstić information content (AvgIpc) is 2.99. The zero-order chi connectivity index (χ0) is 20.6. The summed E-state index contributed by atoms with van der Waals surface area (Å²) in [5, 5.41) is 7.88. The number of rotatable bonds is 6. The van der Waals surface area contributed by atoms with Crippen LogP contribution in [0.5, 0.6) is 5.75 Å². The molecule has 0 unspecified atom stereocenters. The van der Waals surface area contributed by atoms with Gasteiger partial charge in [0.05, 0.1) is 27.2 Å². The van der Waals surface area contributed by atoms with E-state index in [-0.39, 0.29) is 28.5 Å². The Hall–Kier alpha value is -1.52. The van der Waals surface area contributed by atoms with Gasteiger partial charge < -0.3 is 14.6 Å². The molecule has 0 amide bonds. The summed E-state index contributed by atoms with van der Waals surface area (Å²) in [6, 6.07) is 3.14. The maximum Gasteiger partial charge on any atom is 0.425 e. The lowest BCUT2D eigenvalue weighted by atomic mass is 10.1. The van der Waals surface area contributed by atoms with Gasteiger partial charge in [-0.2, -0.15) is 13.2 Å². The Morgan fingerprint density at radius 3 is 2.41 bits per heavy atom. The molecular weight excluding hydrogens is 413 g/mol. The lowest BCUT2D eigenvalue weighted by Gasteiger charge is -2.19. The third-order valence-corrected chi connectivity index (χ3v) is 7.16. The van der Waals surface area contributed by atoms with Crippen LogP contribution in [0.3, 0.4) is 0 Å². The summed E-state index contributed by atoms with van der Waals surface area (Å²) in [7, 11) is -2.70. The second-order valence-corrected chi connectivity index (χ2v) is 8.85. The fourth-order valence-electron chi connectivity index (χ4n) is 2.96.